The fourth-order valence-electron chi connectivity index (χ4n) is 2.79. The molecule has 0 saturated heterocycles. The van der Waals surface area contributed by atoms with Gasteiger partial charge in [-0.3, -0.25) is 9.05 Å². The highest BCUT2D eigenvalue weighted by atomic mass is 32.2. The zero-order chi connectivity index (χ0) is 22.1. The average Bonchev–Trinajstić information content (AvgIpc) is 2.63. The summed E-state index contributed by atoms with van der Waals surface area (Å²) in [6.07, 6.45) is 1.79. The first-order chi connectivity index (χ1) is 13.5. The van der Waals surface area contributed by atoms with E-state index in [9.17, 15) is 17.9 Å². The number of sulfonamides is 1. The Morgan fingerprint density at radius 2 is 1.79 bits per heavy atom. The average molecular weight is 452 g/mol. The quantitative estimate of drug-likeness (QED) is 0.222. The van der Waals surface area contributed by atoms with Gasteiger partial charge in [-0.25, -0.2) is 13.0 Å². The SMILES string of the molecule is CCOP(=O)(O)OC[C@H](CCCCN)N(CC(C)C)S(=O)(=O)c1ccc(N)cc1. The minimum Gasteiger partial charge on any atom is -0.399 e. The van der Waals surface area contributed by atoms with Crippen LogP contribution in [0.3, 0.4) is 0 Å². The Bertz CT molecular complexity index is 757. The standard InChI is InChI=1S/C18H34N3O6PS/c1-4-26-28(22,23)27-14-17(7-5-6-12-19)21(13-15(2)3)29(24,25)18-10-8-16(20)9-11-18/h8-11,15,17H,4-7,12-14,19-20H2,1-3H3,(H,22,23)/t17-/m0/s1. The predicted octanol–water partition coefficient (Wildman–Crippen LogP) is 2.57. The van der Waals surface area contributed by atoms with E-state index in [-0.39, 0.29) is 30.6 Å². The van der Waals surface area contributed by atoms with Crippen molar-refractivity contribution in [1.29, 1.82) is 0 Å². The summed E-state index contributed by atoms with van der Waals surface area (Å²) in [5.41, 5.74) is 11.7. The van der Waals surface area contributed by atoms with Gasteiger partial charge in [0, 0.05) is 18.3 Å². The van der Waals surface area contributed by atoms with Crippen LogP contribution in [-0.4, -0.2) is 50.0 Å². The van der Waals surface area contributed by atoms with Crippen LogP contribution < -0.4 is 11.5 Å². The van der Waals surface area contributed by atoms with Crippen molar-refractivity contribution in [3.8, 4) is 0 Å². The molecular weight excluding hydrogens is 417 g/mol. The first-order valence-corrected chi connectivity index (χ1v) is 12.7. The monoisotopic (exact) mass is 451 g/mol. The Kier molecular flexibility index (Phi) is 10.8. The topological polar surface area (TPSA) is 145 Å². The molecule has 0 spiro atoms. The van der Waals surface area contributed by atoms with Gasteiger partial charge in [-0.05, 0) is 56.5 Å². The number of rotatable bonds is 14. The number of unbranched alkanes of at least 4 members (excludes halogenated alkanes) is 1. The van der Waals surface area contributed by atoms with E-state index in [1.807, 2.05) is 13.8 Å². The molecule has 1 aromatic carbocycles. The molecule has 0 saturated carbocycles. The third-order valence-electron chi connectivity index (χ3n) is 4.15. The van der Waals surface area contributed by atoms with Gasteiger partial charge in [0.25, 0.3) is 0 Å². The maximum atomic E-state index is 13.3. The van der Waals surface area contributed by atoms with Crippen molar-refractivity contribution < 1.29 is 26.9 Å². The molecule has 5 N–H and O–H groups in total. The lowest BCUT2D eigenvalue weighted by Gasteiger charge is -2.32. The van der Waals surface area contributed by atoms with Gasteiger partial charge < -0.3 is 16.4 Å². The summed E-state index contributed by atoms with van der Waals surface area (Å²) in [6, 6.07) is 5.31. The summed E-state index contributed by atoms with van der Waals surface area (Å²) < 4.78 is 49.8. The molecule has 1 unspecified atom stereocenters. The number of nitrogens with two attached hydrogens (primary N) is 2. The van der Waals surface area contributed by atoms with Gasteiger partial charge in [0.1, 0.15) is 0 Å². The summed E-state index contributed by atoms with van der Waals surface area (Å²) in [6.45, 7) is 5.82. The minimum atomic E-state index is -4.25. The van der Waals surface area contributed by atoms with E-state index in [1.165, 1.54) is 28.6 Å². The number of phosphoric ester groups is 1. The lowest BCUT2D eigenvalue weighted by molar-refractivity contribution is 0.118. The van der Waals surface area contributed by atoms with Gasteiger partial charge in [0.2, 0.25) is 10.0 Å². The van der Waals surface area contributed by atoms with Crippen LogP contribution in [0.4, 0.5) is 5.69 Å². The molecule has 0 fully saturated rings. The molecule has 0 heterocycles. The summed E-state index contributed by atoms with van der Waals surface area (Å²) in [5.74, 6) is 0.0309. The van der Waals surface area contributed by atoms with E-state index in [2.05, 4.69) is 0 Å². The van der Waals surface area contributed by atoms with Gasteiger partial charge in [-0.15, -0.1) is 0 Å². The highest BCUT2D eigenvalue weighted by Crippen LogP contribution is 2.43. The number of anilines is 1. The summed E-state index contributed by atoms with van der Waals surface area (Å²) >= 11 is 0. The Labute approximate surface area is 174 Å². The molecule has 0 aliphatic rings. The van der Waals surface area contributed by atoms with Crippen LogP contribution in [0, 0.1) is 5.92 Å². The second kappa shape index (κ2) is 12.0. The molecule has 0 radical (unpaired) electrons. The number of nitrogen functional groups attached to an aromatic ring is 1. The number of phosphoric acid groups is 1. The Morgan fingerprint density at radius 3 is 2.31 bits per heavy atom. The second-order valence-corrected chi connectivity index (χ2v) is 10.5. The fraction of sp³-hybridized carbons (Fsp3) is 0.667. The van der Waals surface area contributed by atoms with Crippen molar-refractivity contribution in [3.05, 3.63) is 24.3 Å². The highest BCUT2D eigenvalue weighted by Gasteiger charge is 2.34. The van der Waals surface area contributed by atoms with Crippen molar-refractivity contribution in [2.75, 3.05) is 32.0 Å². The molecule has 0 aliphatic heterocycles. The van der Waals surface area contributed by atoms with E-state index in [4.69, 9.17) is 20.5 Å². The zero-order valence-electron chi connectivity index (χ0n) is 17.4. The Balaban J connectivity index is 3.21. The lowest BCUT2D eigenvalue weighted by atomic mass is 10.1. The first-order valence-electron chi connectivity index (χ1n) is 9.72. The van der Waals surface area contributed by atoms with E-state index < -0.39 is 23.9 Å². The first kappa shape index (κ1) is 26.0. The van der Waals surface area contributed by atoms with Crippen molar-refractivity contribution >= 4 is 23.5 Å². The third-order valence-corrected chi connectivity index (χ3v) is 7.15. The van der Waals surface area contributed by atoms with Gasteiger partial charge in [0.05, 0.1) is 18.1 Å². The molecule has 9 nitrogen and oxygen atoms in total. The van der Waals surface area contributed by atoms with Crippen LogP contribution in [0.2, 0.25) is 0 Å². The van der Waals surface area contributed by atoms with E-state index in [1.54, 1.807) is 6.92 Å². The summed E-state index contributed by atoms with van der Waals surface area (Å²) in [5, 5.41) is 0. The van der Waals surface area contributed by atoms with Crippen LogP contribution in [0.15, 0.2) is 29.2 Å². The van der Waals surface area contributed by atoms with Crippen LogP contribution in [0.1, 0.15) is 40.0 Å². The van der Waals surface area contributed by atoms with Crippen LogP contribution in [0.5, 0.6) is 0 Å². The molecule has 11 heteroatoms. The minimum absolute atomic E-state index is 0.00502. The highest BCUT2D eigenvalue weighted by molar-refractivity contribution is 7.89. The van der Waals surface area contributed by atoms with Crippen LogP contribution in [-0.2, 0) is 23.6 Å². The number of hydrogen-bond donors (Lipinski definition) is 3. The number of benzene rings is 1. The fourth-order valence-corrected chi connectivity index (χ4v) is 5.36. The molecule has 0 aliphatic carbocycles. The van der Waals surface area contributed by atoms with Crippen molar-refractivity contribution in [1.82, 2.24) is 4.31 Å². The Morgan fingerprint density at radius 1 is 1.17 bits per heavy atom. The molecule has 0 aromatic heterocycles. The normalized spacial score (nSPS) is 15.6. The third kappa shape index (κ3) is 8.72. The second-order valence-electron chi connectivity index (χ2n) is 7.16. The number of nitrogens with zero attached hydrogens (tertiary/aromatic N) is 1. The summed E-state index contributed by atoms with van der Waals surface area (Å²) in [4.78, 5) is 9.86. The van der Waals surface area contributed by atoms with Crippen LogP contribution in [0.25, 0.3) is 0 Å². The molecule has 2 atom stereocenters. The molecular formula is C18H34N3O6PS. The van der Waals surface area contributed by atoms with Gasteiger partial charge >= 0.3 is 7.82 Å². The predicted molar refractivity (Wildman–Crippen MR) is 114 cm³/mol. The van der Waals surface area contributed by atoms with Crippen molar-refractivity contribution in [2.45, 2.75) is 51.0 Å². The molecule has 0 bridgehead atoms. The van der Waals surface area contributed by atoms with Crippen LogP contribution >= 0.6 is 7.82 Å². The smallest absolute Gasteiger partial charge is 0.399 e. The van der Waals surface area contributed by atoms with Gasteiger partial charge in [0.15, 0.2) is 0 Å². The lowest BCUT2D eigenvalue weighted by Crippen LogP contribution is -2.44. The molecule has 1 rings (SSSR count). The van der Waals surface area contributed by atoms with E-state index in [0.717, 1.165) is 0 Å². The van der Waals surface area contributed by atoms with E-state index >= 15 is 0 Å². The molecule has 1 aromatic rings. The molecule has 29 heavy (non-hydrogen) atoms. The van der Waals surface area contributed by atoms with Crippen molar-refractivity contribution in [2.24, 2.45) is 11.7 Å². The largest absolute Gasteiger partial charge is 0.472 e. The number of hydrogen-bond acceptors (Lipinski definition) is 7. The maximum Gasteiger partial charge on any atom is 0.472 e. The van der Waals surface area contributed by atoms with Gasteiger partial charge in [-0.2, -0.15) is 4.31 Å². The molecule has 0 amide bonds. The zero-order valence-corrected chi connectivity index (χ0v) is 19.1. The maximum absolute atomic E-state index is 13.3. The Hall–Kier alpha value is -1.00. The van der Waals surface area contributed by atoms with Crippen molar-refractivity contribution in [3.63, 3.8) is 0 Å². The van der Waals surface area contributed by atoms with Gasteiger partial charge in [-0.1, -0.05) is 20.3 Å². The molecule has 168 valence electrons. The van der Waals surface area contributed by atoms with E-state index in [0.29, 0.717) is 31.5 Å². The summed E-state index contributed by atoms with van der Waals surface area (Å²) in [7, 11) is -8.13.